The van der Waals surface area contributed by atoms with E-state index in [0.717, 1.165) is 27.9 Å². The molecule has 0 radical (unpaired) electrons. The molecule has 1 amide bonds. The number of H-pyrrole nitrogens is 1. The van der Waals surface area contributed by atoms with Gasteiger partial charge in [0.05, 0.1) is 12.9 Å². The van der Waals surface area contributed by atoms with Crippen molar-refractivity contribution < 1.29 is 9.53 Å². The van der Waals surface area contributed by atoms with E-state index in [-0.39, 0.29) is 11.3 Å². The molecule has 27 heavy (non-hydrogen) atoms. The maximum absolute atomic E-state index is 12.4. The summed E-state index contributed by atoms with van der Waals surface area (Å²) in [5, 5.41) is 6.01. The molecular formula is C19H18N4O2S2. The molecule has 1 aliphatic rings. The molecule has 1 atom stereocenters. The summed E-state index contributed by atoms with van der Waals surface area (Å²) in [6.07, 6.45) is 1.95. The summed E-state index contributed by atoms with van der Waals surface area (Å²) in [4.78, 5) is 15.7. The summed E-state index contributed by atoms with van der Waals surface area (Å²) in [5.74, 6) is 1.17. The fourth-order valence-electron chi connectivity index (χ4n) is 3.02. The number of carbonyl (C=O) groups is 1. The van der Waals surface area contributed by atoms with Crippen LogP contribution in [0.2, 0.25) is 0 Å². The van der Waals surface area contributed by atoms with Crippen molar-refractivity contribution in [2.45, 2.75) is 5.37 Å². The van der Waals surface area contributed by atoms with Gasteiger partial charge in [0.2, 0.25) is 0 Å². The lowest BCUT2D eigenvalue weighted by Gasteiger charge is -2.25. The van der Waals surface area contributed by atoms with Crippen molar-refractivity contribution in [1.29, 1.82) is 0 Å². The lowest BCUT2D eigenvalue weighted by Crippen LogP contribution is -2.46. The van der Waals surface area contributed by atoms with E-state index < -0.39 is 0 Å². The van der Waals surface area contributed by atoms with Gasteiger partial charge in [-0.25, -0.2) is 5.01 Å². The van der Waals surface area contributed by atoms with Gasteiger partial charge in [-0.15, -0.1) is 11.8 Å². The van der Waals surface area contributed by atoms with Crippen LogP contribution in [0.25, 0.3) is 10.9 Å². The first-order valence-corrected chi connectivity index (χ1v) is 9.83. The van der Waals surface area contributed by atoms with Gasteiger partial charge in [0.25, 0.3) is 5.91 Å². The number of nitrogens with one attached hydrogen (secondary N) is 3. The van der Waals surface area contributed by atoms with E-state index in [1.807, 2.05) is 48.7 Å². The number of thiocarbonyl (C=S) groups is 1. The van der Waals surface area contributed by atoms with Gasteiger partial charge >= 0.3 is 0 Å². The van der Waals surface area contributed by atoms with E-state index in [0.29, 0.717) is 10.9 Å². The summed E-state index contributed by atoms with van der Waals surface area (Å²) in [6, 6.07) is 15.5. The van der Waals surface area contributed by atoms with Gasteiger partial charge in [-0.3, -0.25) is 10.2 Å². The monoisotopic (exact) mass is 398 g/mol. The van der Waals surface area contributed by atoms with Crippen LogP contribution < -0.4 is 15.5 Å². The van der Waals surface area contributed by atoms with Crippen LogP contribution in [0, 0.1) is 0 Å². The lowest BCUT2D eigenvalue weighted by atomic mass is 10.1. The summed E-state index contributed by atoms with van der Waals surface area (Å²) >= 11 is 6.97. The summed E-state index contributed by atoms with van der Waals surface area (Å²) < 4.78 is 5.15. The zero-order valence-corrected chi connectivity index (χ0v) is 16.2. The van der Waals surface area contributed by atoms with Crippen molar-refractivity contribution in [1.82, 2.24) is 15.4 Å². The van der Waals surface area contributed by atoms with Crippen LogP contribution in [0.3, 0.4) is 0 Å². The van der Waals surface area contributed by atoms with Gasteiger partial charge in [-0.1, -0.05) is 18.2 Å². The van der Waals surface area contributed by atoms with Gasteiger partial charge in [-0.2, -0.15) is 0 Å². The largest absolute Gasteiger partial charge is 0.497 e. The zero-order valence-electron chi connectivity index (χ0n) is 14.6. The number of hydrazine groups is 1. The van der Waals surface area contributed by atoms with Crippen molar-refractivity contribution in [3.8, 4) is 5.75 Å². The molecule has 1 unspecified atom stereocenters. The molecule has 0 bridgehead atoms. The number of fused-ring (bicyclic) bond motifs is 1. The van der Waals surface area contributed by atoms with E-state index in [9.17, 15) is 4.79 Å². The van der Waals surface area contributed by atoms with Gasteiger partial charge in [0.1, 0.15) is 11.1 Å². The first kappa shape index (κ1) is 17.7. The van der Waals surface area contributed by atoms with Gasteiger partial charge in [0, 0.05) is 28.4 Å². The Balaban J connectivity index is 1.50. The molecule has 2 heterocycles. The Labute approximate surface area is 166 Å². The smallest absolute Gasteiger partial charge is 0.252 e. The van der Waals surface area contributed by atoms with Crippen molar-refractivity contribution in [3.63, 3.8) is 0 Å². The summed E-state index contributed by atoms with van der Waals surface area (Å²) in [5.41, 5.74) is 5.97. The first-order valence-electron chi connectivity index (χ1n) is 8.37. The highest BCUT2D eigenvalue weighted by Crippen LogP contribution is 2.40. The van der Waals surface area contributed by atoms with Crippen LogP contribution >= 0.6 is 24.0 Å². The Morgan fingerprint density at radius 2 is 2.04 bits per heavy atom. The number of anilines is 1. The molecule has 4 rings (SSSR count). The Hall–Kier alpha value is -2.71. The normalized spacial score (nSPS) is 16.6. The van der Waals surface area contributed by atoms with Crippen LogP contribution in [-0.2, 0) is 4.79 Å². The first-order chi connectivity index (χ1) is 13.2. The minimum absolute atomic E-state index is 0.00541. The predicted octanol–water partition coefficient (Wildman–Crippen LogP) is 3.65. The van der Waals surface area contributed by atoms with E-state index in [4.69, 9.17) is 17.0 Å². The number of para-hydroxylation sites is 1. The Kier molecular flexibility index (Phi) is 4.91. The van der Waals surface area contributed by atoms with E-state index in [1.54, 1.807) is 23.9 Å². The number of amides is 1. The quantitative estimate of drug-likeness (QED) is 0.583. The van der Waals surface area contributed by atoms with Gasteiger partial charge in [0.15, 0.2) is 5.11 Å². The van der Waals surface area contributed by atoms with Crippen molar-refractivity contribution in [3.05, 3.63) is 60.3 Å². The minimum atomic E-state index is -0.149. The number of hydrogen-bond acceptors (Lipinski definition) is 4. The van der Waals surface area contributed by atoms with Crippen LogP contribution in [0.15, 0.2) is 54.7 Å². The fourth-order valence-corrected chi connectivity index (χ4v) is 4.37. The molecule has 1 aromatic heterocycles. The number of rotatable bonds is 4. The minimum Gasteiger partial charge on any atom is -0.497 e. The lowest BCUT2D eigenvalue weighted by molar-refractivity contribution is -0.129. The van der Waals surface area contributed by atoms with Crippen molar-refractivity contribution >= 4 is 51.6 Å². The molecule has 0 aliphatic carbocycles. The predicted molar refractivity (Wildman–Crippen MR) is 113 cm³/mol. The summed E-state index contributed by atoms with van der Waals surface area (Å²) in [6.45, 7) is 0. The molecule has 0 spiro atoms. The highest BCUT2D eigenvalue weighted by Gasteiger charge is 2.35. The maximum atomic E-state index is 12.4. The number of aromatic nitrogens is 1. The fraction of sp³-hybridized carbons (Fsp3) is 0.158. The van der Waals surface area contributed by atoms with E-state index >= 15 is 0 Å². The number of hydrogen-bond donors (Lipinski definition) is 3. The SMILES string of the molecule is COc1ccc(NC(=S)NN2C(=O)CSC2c2c[nH]c3ccccc23)cc1. The molecule has 6 nitrogen and oxygen atoms in total. The third-order valence-corrected chi connectivity index (χ3v) is 5.71. The number of carbonyl (C=O) groups excluding carboxylic acids is 1. The third-order valence-electron chi connectivity index (χ3n) is 4.33. The number of nitrogens with zero attached hydrogens (tertiary/aromatic N) is 1. The molecule has 2 aromatic carbocycles. The third kappa shape index (κ3) is 3.58. The second-order valence-corrected chi connectivity index (χ2v) is 7.49. The molecular weight excluding hydrogens is 380 g/mol. The van der Waals surface area contributed by atoms with Crippen LogP contribution in [0.4, 0.5) is 5.69 Å². The average Bonchev–Trinajstić information content (AvgIpc) is 3.26. The van der Waals surface area contributed by atoms with Crippen LogP contribution in [0.1, 0.15) is 10.9 Å². The summed E-state index contributed by atoms with van der Waals surface area (Å²) in [7, 11) is 1.62. The second-order valence-electron chi connectivity index (χ2n) is 6.01. The van der Waals surface area contributed by atoms with Crippen molar-refractivity contribution in [2.75, 3.05) is 18.2 Å². The molecule has 138 valence electrons. The van der Waals surface area contributed by atoms with E-state index in [2.05, 4.69) is 21.8 Å². The zero-order chi connectivity index (χ0) is 18.8. The molecule has 3 N–H and O–H groups in total. The Morgan fingerprint density at radius 1 is 1.26 bits per heavy atom. The number of aromatic amines is 1. The molecule has 3 aromatic rings. The maximum Gasteiger partial charge on any atom is 0.252 e. The molecule has 0 saturated carbocycles. The number of benzene rings is 2. The van der Waals surface area contributed by atoms with Gasteiger partial charge in [-0.05, 0) is 42.5 Å². The van der Waals surface area contributed by atoms with Gasteiger partial charge < -0.3 is 15.0 Å². The van der Waals surface area contributed by atoms with E-state index in [1.165, 1.54) is 0 Å². The number of thioether (sulfide) groups is 1. The highest BCUT2D eigenvalue weighted by molar-refractivity contribution is 8.00. The van der Waals surface area contributed by atoms with Crippen LogP contribution in [0.5, 0.6) is 5.75 Å². The topological polar surface area (TPSA) is 69.4 Å². The second kappa shape index (κ2) is 7.50. The highest BCUT2D eigenvalue weighted by atomic mass is 32.2. The standard InChI is InChI=1S/C19H18N4O2S2/c1-25-13-8-6-12(7-9-13)21-19(26)22-23-17(24)11-27-18(23)15-10-20-16-5-3-2-4-14(15)16/h2-10,18,20H,11H2,1H3,(H2,21,22,26). The number of methoxy groups -OCH3 is 1. The molecule has 1 saturated heterocycles. The average molecular weight is 399 g/mol. The Bertz CT molecular complexity index is 987. The molecule has 8 heteroatoms. The van der Waals surface area contributed by atoms with Crippen LogP contribution in [-0.4, -0.2) is 33.9 Å². The number of ether oxygens (including phenoxy) is 1. The van der Waals surface area contributed by atoms with Crippen molar-refractivity contribution in [2.24, 2.45) is 0 Å². The molecule has 1 aliphatic heterocycles. The molecule has 1 fully saturated rings. The Morgan fingerprint density at radius 3 is 2.81 bits per heavy atom.